The van der Waals surface area contributed by atoms with E-state index in [1.807, 2.05) is 0 Å². The van der Waals surface area contributed by atoms with Gasteiger partial charge in [-0.3, -0.25) is 4.79 Å². The molecule has 3 N–H and O–H groups in total. The fourth-order valence-corrected chi connectivity index (χ4v) is 3.56. The van der Waals surface area contributed by atoms with Crippen molar-refractivity contribution in [1.29, 1.82) is 0 Å². The minimum atomic E-state index is 0. The normalized spacial score (nSPS) is 42.4. The van der Waals surface area contributed by atoms with Crippen LogP contribution < -0.4 is 11.1 Å². The Labute approximate surface area is 114 Å². The molecule has 5 atom stereocenters. The van der Waals surface area contributed by atoms with Crippen LogP contribution in [0.4, 0.5) is 0 Å². The van der Waals surface area contributed by atoms with Crippen molar-refractivity contribution in [3.8, 4) is 0 Å². The maximum atomic E-state index is 12.2. The minimum absolute atomic E-state index is 0. The highest BCUT2D eigenvalue weighted by Crippen LogP contribution is 2.34. The molecule has 0 aromatic carbocycles. The summed E-state index contributed by atoms with van der Waals surface area (Å²) in [5, 5.41) is 3.18. The Morgan fingerprint density at radius 2 is 2.00 bits per heavy atom. The molecular weight excluding hydrogens is 252 g/mol. The van der Waals surface area contributed by atoms with Gasteiger partial charge in [0.1, 0.15) is 0 Å². The SMILES string of the molecule is Cl.NC1CCCC(C(=O)NC2CC3CCC2O3)C1. The van der Waals surface area contributed by atoms with Crippen LogP contribution in [-0.2, 0) is 9.53 Å². The fourth-order valence-electron chi connectivity index (χ4n) is 3.56. The molecule has 5 unspecified atom stereocenters. The quantitative estimate of drug-likeness (QED) is 0.799. The molecule has 104 valence electrons. The van der Waals surface area contributed by atoms with E-state index in [-0.39, 0.29) is 42.4 Å². The Morgan fingerprint density at radius 3 is 2.61 bits per heavy atom. The molecule has 5 heteroatoms. The molecule has 18 heavy (non-hydrogen) atoms. The van der Waals surface area contributed by atoms with Gasteiger partial charge in [0.2, 0.25) is 5.91 Å². The number of fused-ring (bicyclic) bond motifs is 2. The molecule has 0 radical (unpaired) electrons. The van der Waals surface area contributed by atoms with Crippen molar-refractivity contribution in [1.82, 2.24) is 5.32 Å². The van der Waals surface area contributed by atoms with Gasteiger partial charge >= 0.3 is 0 Å². The predicted octanol–water partition coefficient (Wildman–Crippen LogP) is 1.36. The highest BCUT2D eigenvalue weighted by atomic mass is 35.5. The molecule has 3 rings (SSSR count). The second kappa shape index (κ2) is 5.76. The van der Waals surface area contributed by atoms with Crippen molar-refractivity contribution in [3.05, 3.63) is 0 Å². The number of amides is 1. The monoisotopic (exact) mass is 274 g/mol. The first kappa shape index (κ1) is 14.1. The smallest absolute Gasteiger partial charge is 0.223 e. The van der Waals surface area contributed by atoms with Crippen LogP contribution >= 0.6 is 12.4 Å². The fraction of sp³-hybridized carbons (Fsp3) is 0.923. The average molecular weight is 275 g/mol. The van der Waals surface area contributed by atoms with E-state index in [1.165, 1.54) is 6.42 Å². The van der Waals surface area contributed by atoms with E-state index in [0.29, 0.717) is 6.10 Å². The number of rotatable bonds is 2. The van der Waals surface area contributed by atoms with Gasteiger partial charge in [-0.2, -0.15) is 0 Å². The van der Waals surface area contributed by atoms with Gasteiger partial charge in [-0.15, -0.1) is 12.4 Å². The summed E-state index contributed by atoms with van der Waals surface area (Å²) in [7, 11) is 0. The number of carbonyl (C=O) groups excluding carboxylic acids is 1. The molecule has 1 amide bonds. The van der Waals surface area contributed by atoms with E-state index in [0.717, 1.165) is 38.5 Å². The van der Waals surface area contributed by atoms with Crippen molar-refractivity contribution in [3.63, 3.8) is 0 Å². The summed E-state index contributed by atoms with van der Waals surface area (Å²) >= 11 is 0. The maximum Gasteiger partial charge on any atom is 0.223 e. The highest BCUT2D eigenvalue weighted by molar-refractivity contribution is 5.85. The first-order chi connectivity index (χ1) is 8.22. The van der Waals surface area contributed by atoms with Crippen molar-refractivity contribution in [2.45, 2.75) is 69.2 Å². The van der Waals surface area contributed by atoms with Gasteiger partial charge in [-0.05, 0) is 38.5 Å². The summed E-state index contributed by atoms with van der Waals surface area (Å²) in [5.41, 5.74) is 5.93. The van der Waals surface area contributed by atoms with Crippen LogP contribution in [0.5, 0.6) is 0 Å². The summed E-state index contributed by atoms with van der Waals surface area (Å²) in [5.74, 6) is 0.346. The topological polar surface area (TPSA) is 64.4 Å². The molecule has 1 aliphatic carbocycles. The van der Waals surface area contributed by atoms with E-state index in [2.05, 4.69) is 5.32 Å². The molecule has 0 spiro atoms. The number of nitrogens with two attached hydrogens (primary N) is 1. The number of ether oxygens (including phenoxy) is 1. The average Bonchev–Trinajstić information content (AvgIpc) is 2.91. The molecule has 2 bridgehead atoms. The number of halogens is 1. The Morgan fingerprint density at radius 1 is 1.17 bits per heavy atom. The Bertz CT molecular complexity index is 313. The lowest BCUT2D eigenvalue weighted by Gasteiger charge is -2.28. The van der Waals surface area contributed by atoms with Crippen molar-refractivity contribution >= 4 is 18.3 Å². The third-order valence-electron chi connectivity index (χ3n) is 4.52. The van der Waals surface area contributed by atoms with Crippen LogP contribution in [-0.4, -0.2) is 30.2 Å². The molecule has 3 fully saturated rings. The summed E-state index contributed by atoms with van der Waals surface area (Å²) in [6.45, 7) is 0. The number of hydrogen-bond donors (Lipinski definition) is 2. The molecule has 2 aliphatic heterocycles. The molecule has 1 saturated carbocycles. The molecule has 0 aromatic rings. The van der Waals surface area contributed by atoms with Gasteiger partial charge in [-0.1, -0.05) is 6.42 Å². The molecule has 0 aromatic heterocycles. The molecule has 2 saturated heterocycles. The minimum Gasteiger partial charge on any atom is -0.373 e. The molecule has 3 aliphatic rings. The van der Waals surface area contributed by atoms with Crippen molar-refractivity contribution < 1.29 is 9.53 Å². The molecule has 2 heterocycles. The van der Waals surface area contributed by atoms with E-state index in [1.54, 1.807) is 0 Å². The summed E-state index contributed by atoms with van der Waals surface area (Å²) in [4.78, 5) is 12.2. The van der Waals surface area contributed by atoms with E-state index in [9.17, 15) is 4.79 Å². The lowest BCUT2D eigenvalue weighted by atomic mass is 9.85. The van der Waals surface area contributed by atoms with Gasteiger partial charge in [0.25, 0.3) is 0 Å². The molecular formula is C13H23ClN2O2. The summed E-state index contributed by atoms with van der Waals surface area (Å²) in [6.07, 6.45) is 7.99. The van der Waals surface area contributed by atoms with Crippen molar-refractivity contribution in [2.24, 2.45) is 11.7 Å². The van der Waals surface area contributed by atoms with Gasteiger partial charge in [0, 0.05) is 12.0 Å². The molecule has 4 nitrogen and oxygen atoms in total. The summed E-state index contributed by atoms with van der Waals surface area (Å²) in [6, 6.07) is 0.482. The Hall–Kier alpha value is -0.320. The van der Waals surface area contributed by atoms with Crippen LogP contribution in [0.25, 0.3) is 0 Å². The largest absolute Gasteiger partial charge is 0.373 e. The predicted molar refractivity (Wildman–Crippen MR) is 71.6 cm³/mol. The van der Waals surface area contributed by atoms with Gasteiger partial charge in [0.15, 0.2) is 0 Å². The van der Waals surface area contributed by atoms with E-state index < -0.39 is 0 Å². The van der Waals surface area contributed by atoms with Crippen LogP contribution in [0.15, 0.2) is 0 Å². The zero-order chi connectivity index (χ0) is 11.8. The number of hydrogen-bond acceptors (Lipinski definition) is 3. The zero-order valence-electron chi connectivity index (χ0n) is 10.6. The van der Waals surface area contributed by atoms with Crippen LogP contribution in [0.1, 0.15) is 44.9 Å². The third-order valence-corrected chi connectivity index (χ3v) is 4.52. The summed E-state index contributed by atoms with van der Waals surface area (Å²) < 4.78 is 5.75. The first-order valence-corrected chi connectivity index (χ1v) is 6.94. The van der Waals surface area contributed by atoms with Crippen LogP contribution in [0.3, 0.4) is 0 Å². The maximum absolute atomic E-state index is 12.2. The standard InChI is InChI=1S/C13H22N2O2.ClH/c14-9-3-1-2-8(6-9)13(16)15-11-7-10-4-5-12(11)17-10;/h8-12H,1-7,14H2,(H,15,16);1H. The van der Waals surface area contributed by atoms with Crippen LogP contribution in [0, 0.1) is 5.92 Å². The van der Waals surface area contributed by atoms with E-state index in [4.69, 9.17) is 10.5 Å². The second-order valence-corrected chi connectivity index (χ2v) is 5.85. The van der Waals surface area contributed by atoms with Gasteiger partial charge in [-0.25, -0.2) is 0 Å². The first-order valence-electron chi connectivity index (χ1n) is 6.94. The zero-order valence-corrected chi connectivity index (χ0v) is 11.5. The number of nitrogens with one attached hydrogen (secondary N) is 1. The van der Waals surface area contributed by atoms with Crippen molar-refractivity contribution in [2.75, 3.05) is 0 Å². The highest BCUT2D eigenvalue weighted by Gasteiger charge is 2.42. The third kappa shape index (κ3) is 2.81. The van der Waals surface area contributed by atoms with Gasteiger partial charge in [0.05, 0.1) is 18.2 Å². The van der Waals surface area contributed by atoms with Gasteiger partial charge < -0.3 is 15.8 Å². The second-order valence-electron chi connectivity index (χ2n) is 5.85. The number of carbonyl (C=O) groups is 1. The van der Waals surface area contributed by atoms with Crippen LogP contribution in [0.2, 0.25) is 0 Å². The Kier molecular flexibility index (Phi) is 4.51. The lowest BCUT2D eigenvalue weighted by molar-refractivity contribution is -0.127. The lowest BCUT2D eigenvalue weighted by Crippen LogP contribution is -2.46. The Balaban J connectivity index is 0.00000120. The van der Waals surface area contributed by atoms with E-state index >= 15 is 0 Å².